The Morgan fingerprint density at radius 2 is 2.25 bits per heavy atom. The third-order valence-electron chi connectivity index (χ3n) is 1.09. The number of rotatable bonds is 3. The Balaban J connectivity index is 2.78. The Kier molecular flexibility index (Phi) is 2.47. The highest BCUT2D eigenvalue weighted by molar-refractivity contribution is 5.38. The Bertz CT molecular complexity index is 266. The van der Waals surface area contributed by atoms with E-state index >= 15 is 0 Å². The highest BCUT2D eigenvalue weighted by atomic mass is 16.5. The molecule has 0 atom stereocenters. The van der Waals surface area contributed by atoms with E-state index in [-0.39, 0.29) is 5.95 Å². The van der Waals surface area contributed by atoms with Crippen LogP contribution in [0.5, 0.6) is 5.88 Å². The molecule has 0 spiro atoms. The van der Waals surface area contributed by atoms with Gasteiger partial charge < -0.3 is 16.2 Å². The SMILES string of the molecule is C=CCOc1cc(N)nc(N)n1. The molecule has 4 N–H and O–H groups in total. The zero-order valence-corrected chi connectivity index (χ0v) is 6.53. The van der Waals surface area contributed by atoms with Gasteiger partial charge in [-0.25, -0.2) is 0 Å². The van der Waals surface area contributed by atoms with Gasteiger partial charge in [-0.15, -0.1) is 0 Å². The summed E-state index contributed by atoms with van der Waals surface area (Å²) in [5, 5.41) is 0. The minimum atomic E-state index is 0.106. The van der Waals surface area contributed by atoms with Crippen molar-refractivity contribution in [3.05, 3.63) is 18.7 Å². The lowest BCUT2D eigenvalue weighted by Gasteiger charge is -2.02. The number of hydrogen-bond acceptors (Lipinski definition) is 5. The zero-order valence-electron chi connectivity index (χ0n) is 6.53. The van der Waals surface area contributed by atoms with Gasteiger partial charge in [0.25, 0.3) is 0 Å². The van der Waals surface area contributed by atoms with E-state index in [1.807, 2.05) is 0 Å². The monoisotopic (exact) mass is 166 g/mol. The van der Waals surface area contributed by atoms with Crippen molar-refractivity contribution >= 4 is 11.8 Å². The molecule has 0 unspecified atom stereocenters. The average Bonchev–Trinajstić information content (AvgIpc) is 1.99. The molecule has 0 saturated carbocycles. The Labute approximate surface area is 70.1 Å². The van der Waals surface area contributed by atoms with Crippen LogP contribution in [0, 0.1) is 0 Å². The maximum absolute atomic E-state index is 5.39. The van der Waals surface area contributed by atoms with Crippen LogP contribution >= 0.6 is 0 Å². The van der Waals surface area contributed by atoms with Crippen LogP contribution in [0.4, 0.5) is 11.8 Å². The largest absolute Gasteiger partial charge is 0.473 e. The van der Waals surface area contributed by atoms with Crippen LogP contribution in [0.25, 0.3) is 0 Å². The number of ether oxygens (including phenoxy) is 1. The van der Waals surface area contributed by atoms with Crippen LogP contribution in [-0.4, -0.2) is 16.6 Å². The highest BCUT2D eigenvalue weighted by Crippen LogP contribution is 2.11. The van der Waals surface area contributed by atoms with Gasteiger partial charge in [-0.05, 0) is 0 Å². The van der Waals surface area contributed by atoms with Gasteiger partial charge in [0.05, 0.1) is 0 Å². The molecule has 5 nitrogen and oxygen atoms in total. The molecule has 64 valence electrons. The summed E-state index contributed by atoms with van der Waals surface area (Å²) in [5.41, 5.74) is 10.7. The molecule has 5 heteroatoms. The van der Waals surface area contributed by atoms with E-state index < -0.39 is 0 Å². The maximum Gasteiger partial charge on any atom is 0.225 e. The molecule has 0 aliphatic rings. The minimum Gasteiger partial charge on any atom is -0.473 e. The quantitative estimate of drug-likeness (QED) is 0.626. The summed E-state index contributed by atoms with van der Waals surface area (Å²) in [6.45, 7) is 3.86. The Hall–Kier alpha value is -1.78. The Morgan fingerprint density at radius 3 is 2.83 bits per heavy atom. The molecule has 1 heterocycles. The van der Waals surface area contributed by atoms with Gasteiger partial charge >= 0.3 is 0 Å². The van der Waals surface area contributed by atoms with Crippen LogP contribution in [0.2, 0.25) is 0 Å². The van der Waals surface area contributed by atoms with Gasteiger partial charge in [-0.3, -0.25) is 0 Å². The number of nitrogens with two attached hydrogens (primary N) is 2. The molecule has 12 heavy (non-hydrogen) atoms. The van der Waals surface area contributed by atoms with Crippen LogP contribution in [-0.2, 0) is 0 Å². The first-order valence-electron chi connectivity index (χ1n) is 3.36. The van der Waals surface area contributed by atoms with Gasteiger partial charge in [0, 0.05) is 6.07 Å². The van der Waals surface area contributed by atoms with Gasteiger partial charge in [-0.2, -0.15) is 9.97 Å². The third-order valence-corrected chi connectivity index (χ3v) is 1.09. The predicted molar refractivity (Wildman–Crippen MR) is 46.5 cm³/mol. The molecule has 1 aromatic rings. The van der Waals surface area contributed by atoms with Crippen molar-refractivity contribution in [1.82, 2.24) is 9.97 Å². The Morgan fingerprint density at radius 1 is 1.50 bits per heavy atom. The van der Waals surface area contributed by atoms with E-state index in [2.05, 4.69) is 16.5 Å². The minimum absolute atomic E-state index is 0.106. The second-order valence-corrected chi connectivity index (χ2v) is 2.09. The van der Waals surface area contributed by atoms with E-state index in [4.69, 9.17) is 16.2 Å². The van der Waals surface area contributed by atoms with Gasteiger partial charge in [0.15, 0.2) is 0 Å². The number of aromatic nitrogens is 2. The molecule has 1 aromatic heterocycles. The molecule has 0 bridgehead atoms. The topological polar surface area (TPSA) is 87.0 Å². The number of hydrogen-bond donors (Lipinski definition) is 2. The first-order valence-corrected chi connectivity index (χ1v) is 3.36. The van der Waals surface area contributed by atoms with E-state index in [1.54, 1.807) is 6.08 Å². The van der Waals surface area contributed by atoms with Gasteiger partial charge in [0.1, 0.15) is 12.4 Å². The van der Waals surface area contributed by atoms with Crippen molar-refractivity contribution in [1.29, 1.82) is 0 Å². The average molecular weight is 166 g/mol. The molecular formula is C7H10N4O. The summed E-state index contributed by atoms with van der Waals surface area (Å²) in [6.07, 6.45) is 1.61. The summed E-state index contributed by atoms with van der Waals surface area (Å²) in [6, 6.07) is 1.50. The molecular weight excluding hydrogens is 156 g/mol. The summed E-state index contributed by atoms with van der Waals surface area (Å²) in [5.74, 6) is 0.760. The molecule has 0 aliphatic heterocycles. The molecule has 0 fully saturated rings. The van der Waals surface area contributed by atoms with Gasteiger partial charge in [-0.1, -0.05) is 12.7 Å². The molecule has 0 saturated heterocycles. The maximum atomic E-state index is 5.39. The molecule has 0 radical (unpaired) electrons. The summed E-state index contributed by atoms with van der Waals surface area (Å²) in [4.78, 5) is 7.47. The van der Waals surface area contributed by atoms with Crippen LogP contribution in [0.1, 0.15) is 0 Å². The fraction of sp³-hybridized carbons (Fsp3) is 0.143. The number of nitrogens with zero attached hydrogens (tertiary/aromatic N) is 2. The highest BCUT2D eigenvalue weighted by Gasteiger charge is 1.98. The standard InChI is InChI=1S/C7H10N4O/c1-2-3-12-6-4-5(8)10-7(9)11-6/h2,4H,1,3H2,(H4,8,9,10,11). The lowest BCUT2D eigenvalue weighted by atomic mass is 10.5. The van der Waals surface area contributed by atoms with Crippen LogP contribution in [0.15, 0.2) is 18.7 Å². The van der Waals surface area contributed by atoms with E-state index in [1.165, 1.54) is 6.07 Å². The first kappa shape index (κ1) is 8.32. The second-order valence-electron chi connectivity index (χ2n) is 2.09. The second kappa shape index (κ2) is 3.56. The first-order chi connectivity index (χ1) is 5.72. The van der Waals surface area contributed by atoms with Crippen molar-refractivity contribution in [2.24, 2.45) is 0 Å². The van der Waals surface area contributed by atoms with Crippen molar-refractivity contribution in [2.45, 2.75) is 0 Å². The van der Waals surface area contributed by atoms with Crippen LogP contribution in [0.3, 0.4) is 0 Å². The number of anilines is 2. The summed E-state index contributed by atoms with van der Waals surface area (Å²) in [7, 11) is 0. The fourth-order valence-corrected chi connectivity index (χ4v) is 0.679. The summed E-state index contributed by atoms with van der Waals surface area (Å²) < 4.78 is 5.09. The zero-order chi connectivity index (χ0) is 8.97. The van der Waals surface area contributed by atoms with Crippen molar-refractivity contribution in [3.8, 4) is 5.88 Å². The van der Waals surface area contributed by atoms with Crippen molar-refractivity contribution in [2.75, 3.05) is 18.1 Å². The van der Waals surface area contributed by atoms with Crippen molar-refractivity contribution in [3.63, 3.8) is 0 Å². The van der Waals surface area contributed by atoms with Crippen LogP contribution < -0.4 is 16.2 Å². The van der Waals surface area contributed by atoms with Crippen molar-refractivity contribution < 1.29 is 4.74 Å². The van der Waals surface area contributed by atoms with E-state index in [9.17, 15) is 0 Å². The van der Waals surface area contributed by atoms with E-state index in [0.717, 1.165) is 0 Å². The van der Waals surface area contributed by atoms with E-state index in [0.29, 0.717) is 18.3 Å². The third kappa shape index (κ3) is 2.12. The lowest BCUT2D eigenvalue weighted by Crippen LogP contribution is -2.03. The molecule has 1 rings (SSSR count). The fourth-order valence-electron chi connectivity index (χ4n) is 0.679. The smallest absolute Gasteiger partial charge is 0.225 e. The molecule has 0 amide bonds. The predicted octanol–water partition coefficient (Wildman–Crippen LogP) is 0.206. The van der Waals surface area contributed by atoms with Gasteiger partial charge in [0.2, 0.25) is 11.8 Å². The molecule has 0 aromatic carbocycles. The lowest BCUT2D eigenvalue weighted by molar-refractivity contribution is 0.349. The number of nitrogen functional groups attached to an aromatic ring is 2. The normalized spacial score (nSPS) is 9.33. The summed E-state index contributed by atoms with van der Waals surface area (Å²) >= 11 is 0. The molecule has 0 aliphatic carbocycles.